The van der Waals surface area contributed by atoms with E-state index in [2.05, 4.69) is 5.32 Å². The second-order valence-electron chi connectivity index (χ2n) is 9.53. The second-order valence-corrected chi connectivity index (χ2v) is 12.2. The molecule has 0 saturated heterocycles. The van der Waals surface area contributed by atoms with Gasteiger partial charge in [-0.1, -0.05) is 11.6 Å². The van der Waals surface area contributed by atoms with E-state index in [0.717, 1.165) is 17.8 Å². The van der Waals surface area contributed by atoms with Gasteiger partial charge in [0.1, 0.15) is 12.4 Å². The molecular weight excluding hydrogens is 424 g/mol. The fourth-order valence-electron chi connectivity index (χ4n) is 6.21. The number of ether oxygens (including phenoxy) is 1. The van der Waals surface area contributed by atoms with Crippen LogP contribution in [-0.2, 0) is 9.84 Å². The Hall–Kier alpha value is -1.31. The first kappa shape index (κ1) is 21.9. The maximum absolute atomic E-state index is 12.9. The van der Waals surface area contributed by atoms with Crippen molar-refractivity contribution in [2.45, 2.75) is 38.5 Å². The summed E-state index contributed by atoms with van der Waals surface area (Å²) in [7, 11) is -3.22. The van der Waals surface area contributed by atoms with Crippen molar-refractivity contribution >= 4 is 27.3 Å². The van der Waals surface area contributed by atoms with Gasteiger partial charge in [-0.25, -0.2) is 8.42 Å². The molecule has 0 radical (unpaired) electrons. The number of nitrogens with one attached hydrogen (secondary N) is 1. The van der Waals surface area contributed by atoms with Gasteiger partial charge < -0.3 is 15.8 Å². The van der Waals surface area contributed by atoms with Crippen LogP contribution in [0, 0.1) is 23.2 Å². The quantitative estimate of drug-likeness (QED) is 0.597. The van der Waals surface area contributed by atoms with Crippen molar-refractivity contribution in [2.24, 2.45) is 28.9 Å². The smallest absolute Gasteiger partial charge is 0.252 e. The minimum absolute atomic E-state index is 0.0122. The standard InChI is InChI=1S/C22H31ClN2O4S/c23-20-2-1-18(29-4-6-30(27,28)5-3-24)10-19(20)21(26)25-14-22-11-15-7-16(12-22)9-17(8-15)13-22/h1-2,10,15-17H,3-9,11-14,24H2,(H,25,26). The van der Waals surface area contributed by atoms with Crippen LogP contribution in [0.15, 0.2) is 18.2 Å². The Bertz CT molecular complexity index is 867. The summed E-state index contributed by atoms with van der Waals surface area (Å²) >= 11 is 6.27. The van der Waals surface area contributed by atoms with Crippen LogP contribution in [0.25, 0.3) is 0 Å². The van der Waals surface area contributed by atoms with Gasteiger partial charge in [0.25, 0.3) is 5.91 Å². The van der Waals surface area contributed by atoms with Crippen LogP contribution in [0.5, 0.6) is 5.75 Å². The molecule has 4 bridgehead atoms. The van der Waals surface area contributed by atoms with Crippen LogP contribution in [0.4, 0.5) is 0 Å². The van der Waals surface area contributed by atoms with Crippen LogP contribution in [-0.4, -0.2) is 45.5 Å². The minimum Gasteiger partial charge on any atom is -0.493 e. The average molecular weight is 455 g/mol. The summed E-state index contributed by atoms with van der Waals surface area (Å²) < 4.78 is 29.1. The molecule has 30 heavy (non-hydrogen) atoms. The van der Waals surface area contributed by atoms with Crippen molar-refractivity contribution in [2.75, 3.05) is 31.2 Å². The second kappa shape index (κ2) is 8.67. The zero-order chi connectivity index (χ0) is 21.4. The lowest BCUT2D eigenvalue weighted by atomic mass is 9.49. The molecule has 0 aliphatic heterocycles. The number of halogens is 1. The van der Waals surface area contributed by atoms with Crippen molar-refractivity contribution in [3.63, 3.8) is 0 Å². The monoisotopic (exact) mass is 454 g/mol. The molecule has 0 aromatic heterocycles. The lowest BCUT2D eigenvalue weighted by molar-refractivity contribution is -0.0503. The molecule has 8 heteroatoms. The summed E-state index contributed by atoms with van der Waals surface area (Å²) in [5.41, 5.74) is 5.93. The Balaban J connectivity index is 1.35. The Morgan fingerprint density at radius 2 is 1.77 bits per heavy atom. The van der Waals surface area contributed by atoms with Crippen molar-refractivity contribution in [1.29, 1.82) is 0 Å². The van der Waals surface area contributed by atoms with Gasteiger partial charge in [0.15, 0.2) is 9.84 Å². The topological polar surface area (TPSA) is 98.5 Å². The molecule has 1 amide bonds. The molecular formula is C22H31ClN2O4S. The summed E-state index contributed by atoms with van der Waals surface area (Å²) in [6, 6.07) is 4.85. The zero-order valence-electron chi connectivity index (χ0n) is 17.2. The van der Waals surface area contributed by atoms with Gasteiger partial charge in [-0.2, -0.15) is 0 Å². The van der Waals surface area contributed by atoms with Gasteiger partial charge in [-0.05, 0) is 79.9 Å². The number of rotatable bonds is 9. The summed E-state index contributed by atoms with van der Waals surface area (Å²) in [6.07, 6.45) is 7.81. The molecule has 0 heterocycles. The van der Waals surface area contributed by atoms with Crippen molar-refractivity contribution in [3.05, 3.63) is 28.8 Å². The molecule has 6 nitrogen and oxygen atoms in total. The number of sulfone groups is 1. The van der Waals surface area contributed by atoms with Crippen LogP contribution in [0.3, 0.4) is 0 Å². The zero-order valence-corrected chi connectivity index (χ0v) is 18.8. The van der Waals surface area contributed by atoms with Gasteiger partial charge in [-0.3, -0.25) is 4.79 Å². The maximum atomic E-state index is 12.9. The maximum Gasteiger partial charge on any atom is 0.252 e. The molecule has 166 valence electrons. The third-order valence-electron chi connectivity index (χ3n) is 7.06. The Morgan fingerprint density at radius 3 is 2.37 bits per heavy atom. The van der Waals surface area contributed by atoms with E-state index in [9.17, 15) is 13.2 Å². The summed E-state index contributed by atoms with van der Waals surface area (Å²) in [4.78, 5) is 12.9. The Kier molecular flexibility index (Phi) is 6.33. The van der Waals surface area contributed by atoms with Crippen molar-refractivity contribution in [1.82, 2.24) is 5.32 Å². The molecule has 0 spiro atoms. The normalized spacial score (nSPS) is 29.7. The van der Waals surface area contributed by atoms with E-state index in [1.54, 1.807) is 18.2 Å². The van der Waals surface area contributed by atoms with Gasteiger partial charge in [0.05, 0.1) is 22.1 Å². The Labute approximate surface area is 183 Å². The highest BCUT2D eigenvalue weighted by Gasteiger charge is 2.50. The lowest BCUT2D eigenvalue weighted by Gasteiger charge is -2.56. The van der Waals surface area contributed by atoms with Crippen LogP contribution >= 0.6 is 11.6 Å². The van der Waals surface area contributed by atoms with Gasteiger partial charge in [0.2, 0.25) is 0 Å². The number of nitrogens with two attached hydrogens (primary N) is 1. The number of benzene rings is 1. The number of amides is 1. The van der Waals surface area contributed by atoms with Gasteiger partial charge in [0, 0.05) is 13.1 Å². The molecule has 5 rings (SSSR count). The third-order valence-corrected chi connectivity index (χ3v) is 9.04. The highest BCUT2D eigenvalue weighted by molar-refractivity contribution is 7.91. The van der Waals surface area contributed by atoms with E-state index in [1.165, 1.54) is 38.5 Å². The molecule has 4 fully saturated rings. The predicted molar refractivity (Wildman–Crippen MR) is 118 cm³/mol. The molecule has 1 aromatic rings. The highest BCUT2D eigenvalue weighted by atomic mass is 35.5. The molecule has 4 aliphatic carbocycles. The fourth-order valence-corrected chi connectivity index (χ4v) is 7.31. The fraction of sp³-hybridized carbons (Fsp3) is 0.682. The first-order valence-corrected chi connectivity index (χ1v) is 13.1. The van der Waals surface area contributed by atoms with Gasteiger partial charge in [-0.15, -0.1) is 0 Å². The van der Waals surface area contributed by atoms with Crippen molar-refractivity contribution < 1.29 is 17.9 Å². The van der Waals surface area contributed by atoms with E-state index in [-0.39, 0.29) is 36.0 Å². The van der Waals surface area contributed by atoms with Crippen molar-refractivity contribution in [3.8, 4) is 5.75 Å². The molecule has 1 aromatic carbocycles. The molecule has 4 saturated carbocycles. The molecule has 0 unspecified atom stereocenters. The highest BCUT2D eigenvalue weighted by Crippen LogP contribution is 2.59. The first-order valence-electron chi connectivity index (χ1n) is 10.9. The van der Waals surface area contributed by atoms with E-state index in [4.69, 9.17) is 22.1 Å². The third kappa shape index (κ3) is 4.94. The minimum atomic E-state index is -3.22. The lowest BCUT2D eigenvalue weighted by Crippen LogP contribution is -2.51. The predicted octanol–water partition coefficient (Wildman–Crippen LogP) is 3.04. The molecule has 0 atom stereocenters. The number of carbonyl (C=O) groups is 1. The summed E-state index contributed by atoms with van der Waals surface area (Å²) in [5.74, 6) is 2.58. The first-order chi connectivity index (χ1) is 14.3. The van der Waals surface area contributed by atoms with E-state index in [1.807, 2.05) is 0 Å². The van der Waals surface area contributed by atoms with E-state index >= 15 is 0 Å². The summed E-state index contributed by atoms with van der Waals surface area (Å²) in [6.45, 7) is 0.809. The van der Waals surface area contributed by atoms with E-state index in [0.29, 0.717) is 22.9 Å². The van der Waals surface area contributed by atoms with Crippen LogP contribution < -0.4 is 15.8 Å². The SMILES string of the molecule is NCCS(=O)(=O)CCOc1ccc(Cl)c(C(=O)NCC23CC4CC(CC(C4)C2)C3)c1. The van der Waals surface area contributed by atoms with Crippen LogP contribution in [0.1, 0.15) is 48.9 Å². The summed E-state index contributed by atoms with van der Waals surface area (Å²) in [5, 5.41) is 3.49. The molecule has 3 N–H and O–H groups in total. The number of hydrogen-bond donors (Lipinski definition) is 2. The Morgan fingerprint density at radius 1 is 1.13 bits per heavy atom. The van der Waals surface area contributed by atoms with Gasteiger partial charge >= 0.3 is 0 Å². The average Bonchev–Trinajstić information content (AvgIpc) is 2.66. The van der Waals surface area contributed by atoms with E-state index < -0.39 is 9.84 Å². The largest absolute Gasteiger partial charge is 0.493 e. The van der Waals surface area contributed by atoms with Crippen LogP contribution in [0.2, 0.25) is 5.02 Å². The number of carbonyl (C=O) groups excluding carboxylic acids is 1. The number of hydrogen-bond acceptors (Lipinski definition) is 5. The molecule has 4 aliphatic rings.